The number of hydrogen-bond donors (Lipinski definition) is 0. The van der Waals surface area contributed by atoms with Gasteiger partial charge >= 0.3 is 0 Å². The quantitative estimate of drug-likeness (QED) is 0.429. The van der Waals surface area contributed by atoms with Gasteiger partial charge < -0.3 is 9.15 Å². The fourth-order valence-electron chi connectivity index (χ4n) is 4.11. The van der Waals surface area contributed by atoms with Crippen molar-refractivity contribution < 1.29 is 13.9 Å². The third-order valence-electron chi connectivity index (χ3n) is 5.52. The van der Waals surface area contributed by atoms with Crippen molar-refractivity contribution in [1.29, 1.82) is 0 Å². The van der Waals surface area contributed by atoms with E-state index >= 15 is 0 Å². The van der Waals surface area contributed by atoms with E-state index in [4.69, 9.17) is 20.8 Å². The van der Waals surface area contributed by atoms with E-state index in [1.807, 2.05) is 37.3 Å². The lowest BCUT2D eigenvalue weighted by Crippen LogP contribution is -2.29. The van der Waals surface area contributed by atoms with Crippen molar-refractivity contribution in [2.24, 2.45) is 0 Å². The summed E-state index contributed by atoms with van der Waals surface area (Å²) >= 11 is 6.21. The zero-order chi connectivity index (χ0) is 21.7. The molecule has 0 spiro atoms. The van der Waals surface area contributed by atoms with E-state index in [2.05, 4.69) is 0 Å². The van der Waals surface area contributed by atoms with Gasteiger partial charge in [-0.05, 0) is 55.0 Å². The van der Waals surface area contributed by atoms with Gasteiger partial charge in [0.15, 0.2) is 5.43 Å². The Morgan fingerprint density at radius 3 is 2.58 bits per heavy atom. The Morgan fingerprint density at radius 1 is 1.00 bits per heavy atom. The Balaban J connectivity index is 1.83. The molecule has 0 bridgehead atoms. The zero-order valence-electron chi connectivity index (χ0n) is 16.9. The second-order valence-corrected chi connectivity index (χ2v) is 7.94. The van der Waals surface area contributed by atoms with E-state index in [1.54, 1.807) is 48.4 Å². The summed E-state index contributed by atoms with van der Waals surface area (Å²) in [5.41, 5.74) is 2.75. The molecule has 0 aliphatic carbocycles. The molecule has 31 heavy (non-hydrogen) atoms. The molecule has 1 amide bonds. The highest BCUT2D eigenvalue weighted by molar-refractivity contribution is 6.31. The first-order chi connectivity index (χ1) is 15.0. The van der Waals surface area contributed by atoms with Crippen molar-refractivity contribution in [1.82, 2.24) is 0 Å². The van der Waals surface area contributed by atoms with Crippen LogP contribution in [-0.4, -0.2) is 13.0 Å². The fraction of sp³-hybridized carbons (Fsp3) is 0.120. The number of amides is 1. The summed E-state index contributed by atoms with van der Waals surface area (Å²) < 4.78 is 11.4. The summed E-state index contributed by atoms with van der Waals surface area (Å²) in [5.74, 6) is 0.296. The minimum absolute atomic E-state index is 0.0501. The number of rotatable bonds is 3. The third-order valence-corrected chi connectivity index (χ3v) is 5.76. The molecule has 2 heterocycles. The molecule has 0 saturated heterocycles. The van der Waals surface area contributed by atoms with Crippen LogP contribution in [0.5, 0.6) is 5.75 Å². The molecule has 0 saturated carbocycles. The van der Waals surface area contributed by atoms with Gasteiger partial charge in [-0.2, -0.15) is 0 Å². The number of ether oxygens (including phenoxy) is 1. The standard InChI is InChI=1S/C25H18ClNO4/c1-14-9-10-20-19(11-14)23(28)21-22(15-5-3-8-18(12-15)30-2)27(25(29)24(21)31-20)17-7-4-6-16(26)13-17/h3-13,22H,1-2H3. The molecule has 3 aromatic carbocycles. The normalized spacial score (nSPS) is 15.4. The molecule has 4 aromatic rings. The molecule has 0 fully saturated rings. The minimum atomic E-state index is -0.669. The van der Waals surface area contributed by atoms with E-state index in [-0.39, 0.29) is 17.1 Å². The Labute approximate surface area is 183 Å². The van der Waals surface area contributed by atoms with Gasteiger partial charge in [0, 0.05) is 10.7 Å². The van der Waals surface area contributed by atoms with Gasteiger partial charge in [0.2, 0.25) is 5.76 Å². The van der Waals surface area contributed by atoms with Crippen LogP contribution in [0.4, 0.5) is 5.69 Å². The molecular weight excluding hydrogens is 414 g/mol. The Hall–Kier alpha value is -3.57. The fourth-order valence-corrected chi connectivity index (χ4v) is 4.29. The molecule has 1 atom stereocenters. The first kappa shape index (κ1) is 19.4. The van der Waals surface area contributed by atoms with E-state index in [0.29, 0.717) is 33.0 Å². The lowest BCUT2D eigenvalue weighted by molar-refractivity contribution is 0.0971. The van der Waals surface area contributed by atoms with E-state index in [9.17, 15) is 9.59 Å². The van der Waals surface area contributed by atoms with Crippen LogP contribution in [0.25, 0.3) is 11.0 Å². The summed E-state index contributed by atoms with van der Waals surface area (Å²) in [6, 6.07) is 19.0. The Bertz CT molecular complexity index is 1410. The first-order valence-corrected chi connectivity index (χ1v) is 10.2. The molecular formula is C25H18ClNO4. The van der Waals surface area contributed by atoms with Crippen LogP contribution in [0.15, 0.2) is 75.9 Å². The lowest BCUT2D eigenvalue weighted by Gasteiger charge is -2.25. The summed E-state index contributed by atoms with van der Waals surface area (Å²) in [5, 5.41) is 0.943. The maximum absolute atomic E-state index is 13.6. The lowest BCUT2D eigenvalue weighted by atomic mass is 9.97. The van der Waals surface area contributed by atoms with Crippen LogP contribution < -0.4 is 15.1 Å². The van der Waals surface area contributed by atoms with E-state index < -0.39 is 6.04 Å². The van der Waals surface area contributed by atoms with Gasteiger partial charge in [0.05, 0.1) is 24.1 Å². The van der Waals surface area contributed by atoms with Gasteiger partial charge in [-0.25, -0.2) is 0 Å². The molecule has 154 valence electrons. The summed E-state index contributed by atoms with van der Waals surface area (Å²) in [6.45, 7) is 1.91. The first-order valence-electron chi connectivity index (χ1n) is 9.78. The van der Waals surface area contributed by atoms with Crippen LogP contribution in [0.3, 0.4) is 0 Å². The minimum Gasteiger partial charge on any atom is -0.497 e. The van der Waals surface area contributed by atoms with Crippen molar-refractivity contribution in [2.45, 2.75) is 13.0 Å². The topological polar surface area (TPSA) is 59.8 Å². The average molecular weight is 432 g/mol. The van der Waals surface area contributed by atoms with Gasteiger partial charge in [0.1, 0.15) is 11.3 Å². The Morgan fingerprint density at radius 2 is 1.81 bits per heavy atom. The number of fused-ring (bicyclic) bond motifs is 2. The third kappa shape index (κ3) is 3.09. The number of aryl methyl sites for hydroxylation is 1. The number of hydrogen-bond acceptors (Lipinski definition) is 4. The smallest absolute Gasteiger partial charge is 0.295 e. The predicted molar refractivity (Wildman–Crippen MR) is 120 cm³/mol. The summed E-state index contributed by atoms with van der Waals surface area (Å²) in [7, 11) is 1.58. The van der Waals surface area contributed by atoms with E-state index in [1.165, 1.54) is 0 Å². The molecule has 5 nitrogen and oxygen atoms in total. The highest BCUT2D eigenvalue weighted by Gasteiger charge is 2.43. The van der Waals surface area contributed by atoms with Crippen LogP contribution in [0, 0.1) is 6.92 Å². The molecule has 1 aliphatic heterocycles. The molecule has 0 N–H and O–H groups in total. The van der Waals surface area contributed by atoms with Crippen molar-refractivity contribution in [2.75, 3.05) is 12.0 Å². The van der Waals surface area contributed by atoms with Gasteiger partial charge in [-0.3, -0.25) is 14.5 Å². The predicted octanol–water partition coefficient (Wildman–Crippen LogP) is 5.51. The number of nitrogens with zero attached hydrogens (tertiary/aromatic N) is 1. The number of carbonyl (C=O) groups excluding carboxylic acids is 1. The zero-order valence-corrected chi connectivity index (χ0v) is 17.6. The van der Waals surface area contributed by atoms with Crippen LogP contribution in [0.1, 0.15) is 33.3 Å². The van der Waals surface area contributed by atoms with E-state index in [0.717, 1.165) is 11.1 Å². The monoisotopic (exact) mass is 431 g/mol. The summed E-state index contributed by atoms with van der Waals surface area (Å²) in [6.07, 6.45) is 0. The molecule has 5 rings (SSSR count). The number of anilines is 1. The summed E-state index contributed by atoms with van der Waals surface area (Å²) in [4.78, 5) is 28.7. The van der Waals surface area contributed by atoms with Crippen molar-refractivity contribution in [3.63, 3.8) is 0 Å². The van der Waals surface area contributed by atoms with Gasteiger partial charge in [-0.1, -0.05) is 41.4 Å². The largest absolute Gasteiger partial charge is 0.497 e. The van der Waals surface area contributed by atoms with Crippen molar-refractivity contribution in [3.05, 3.63) is 104 Å². The van der Waals surface area contributed by atoms with Gasteiger partial charge in [-0.15, -0.1) is 0 Å². The van der Waals surface area contributed by atoms with Crippen LogP contribution >= 0.6 is 11.6 Å². The highest BCUT2D eigenvalue weighted by atomic mass is 35.5. The van der Waals surface area contributed by atoms with Crippen molar-refractivity contribution >= 4 is 34.2 Å². The SMILES string of the molecule is COc1cccc(C2c3c(oc4ccc(C)cc4c3=O)C(=O)N2c2cccc(Cl)c2)c1. The maximum Gasteiger partial charge on any atom is 0.295 e. The highest BCUT2D eigenvalue weighted by Crippen LogP contribution is 2.42. The molecule has 6 heteroatoms. The average Bonchev–Trinajstić information content (AvgIpc) is 3.07. The van der Waals surface area contributed by atoms with Crippen LogP contribution in [0.2, 0.25) is 5.02 Å². The Kier molecular flexibility index (Phi) is 4.56. The molecule has 1 unspecified atom stereocenters. The molecule has 1 aliphatic rings. The maximum atomic E-state index is 13.6. The second kappa shape index (κ2) is 7.29. The number of methoxy groups -OCH3 is 1. The van der Waals surface area contributed by atoms with Gasteiger partial charge in [0.25, 0.3) is 5.91 Å². The molecule has 1 aromatic heterocycles. The number of halogens is 1. The van der Waals surface area contributed by atoms with Crippen LogP contribution in [-0.2, 0) is 0 Å². The van der Waals surface area contributed by atoms with Crippen molar-refractivity contribution in [3.8, 4) is 5.75 Å². The second-order valence-electron chi connectivity index (χ2n) is 7.51. The number of benzene rings is 3. The molecule has 0 radical (unpaired) electrons. The number of carbonyl (C=O) groups is 1.